The molecule has 0 aromatic rings. The Labute approximate surface area is 126 Å². The van der Waals surface area contributed by atoms with Crippen molar-refractivity contribution >= 4 is 18.3 Å². The van der Waals surface area contributed by atoms with Crippen molar-refractivity contribution in [1.82, 2.24) is 15.1 Å². The Morgan fingerprint density at radius 1 is 1.15 bits per heavy atom. The summed E-state index contributed by atoms with van der Waals surface area (Å²) in [5, 5.41) is 3.40. The number of nitrogens with zero attached hydrogens (tertiary/aromatic N) is 2. The van der Waals surface area contributed by atoms with Crippen LogP contribution in [0.3, 0.4) is 0 Å². The highest BCUT2D eigenvalue weighted by atomic mass is 35.5. The summed E-state index contributed by atoms with van der Waals surface area (Å²) in [6, 6.07) is 0.659. The quantitative estimate of drug-likeness (QED) is 0.733. The first-order chi connectivity index (χ1) is 9.34. The molecule has 116 valence electrons. The maximum Gasteiger partial charge on any atom is 0.254 e. The third-order valence-corrected chi connectivity index (χ3v) is 4.27. The van der Waals surface area contributed by atoms with Crippen molar-refractivity contribution < 1.29 is 14.3 Å². The first-order valence-corrected chi connectivity index (χ1v) is 7.27. The number of hydrogen-bond donors (Lipinski definition) is 1. The number of amides is 1. The lowest BCUT2D eigenvalue weighted by atomic mass is 10.1. The zero-order chi connectivity index (χ0) is 13.1. The predicted molar refractivity (Wildman–Crippen MR) is 77.2 cm³/mol. The van der Waals surface area contributed by atoms with Crippen LogP contribution < -0.4 is 5.32 Å². The first-order valence-electron chi connectivity index (χ1n) is 7.27. The van der Waals surface area contributed by atoms with E-state index in [4.69, 9.17) is 9.47 Å². The standard InChI is InChI=1S/C13H23N3O3.ClH/c17-13(12-10-18-7-8-19-12)16-5-3-15(4-6-16)11-1-2-14-9-11;/h11-12,14H,1-10H2;1H. The van der Waals surface area contributed by atoms with Crippen LogP contribution in [-0.4, -0.2) is 86.9 Å². The summed E-state index contributed by atoms with van der Waals surface area (Å²) in [7, 11) is 0. The topological polar surface area (TPSA) is 54.0 Å². The summed E-state index contributed by atoms with van der Waals surface area (Å²) < 4.78 is 10.8. The smallest absolute Gasteiger partial charge is 0.254 e. The molecule has 0 radical (unpaired) electrons. The first kappa shape index (κ1) is 16.0. The van der Waals surface area contributed by atoms with Crippen molar-refractivity contribution in [1.29, 1.82) is 0 Å². The van der Waals surface area contributed by atoms with E-state index in [1.54, 1.807) is 0 Å². The molecule has 0 spiro atoms. The number of nitrogens with one attached hydrogen (secondary N) is 1. The Bertz CT molecular complexity index is 312. The fourth-order valence-corrected chi connectivity index (χ4v) is 3.09. The molecular formula is C13H24ClN3O3. The lowest BCUT2D eigenvalue weighted by Crippen LogP contribution is -2.55. The van der Waals surface area contributed by atoms with E-state index in [1.165, 1.54) is 6.42 Å². The number of ether oxygens (including phenoxy) is 2. The molecule has 3 heterocycles. The van der Waals surface area contributed by atoms with Gasteiger partial charge in [-0.05, 0) is 13.0 Å². The maximum atomic E-state index is 12.3. The SMILES string of the molecule is Cl.O=C(C1COCCO1)N1CCN(C2CCNC2)CC1. The van der Waals surface area contributed by atoms with Crippen LogP contribution in [-0.2, 0) is 14.3 Å². The van der Waals surface area contributed by atoms with Crippen molar-refractivity contribution in [2.24, 2.45) is 0 Å². The molecule has 0 aliphatic carbocycles. The van der Waals surface area contributed by atoms with Crippen LogP contribution in [0.2, 0.25) is 0 Å². The molecule has 0 aromatic carbocycles. The second-order valence-corrected chi connectivity index (χ2v) is 5.44. The molecule has 1 amide bonds. The lowest BCUT2D eigenvalue weighted by Gasteiger charge is -2.39. The molecule has 0 aromatic heterocycles. The van der Waals surface area contributed by atoms with E-state index < -0.39 is 0 Å². The summed E-state index contributed by atoms with van der Waals surface area (Å²) in [5.74, 6) is 0.101. The van der Waals surface area contributed by atoms with Crippen LogP contribution in [0.4, 0.5) is 0 Å². The van der Waals surface area contributed by atoms with Crippen molar-refractivity contribution in [3.63, 3.8) is 0 Å². The van der Waals surface area contributed by atoms with Crippen molar-refractivity contribution in [3.05, 3.63) is 0 Å². The van der Waals surface area contributed by atoms with Gasteiger partial charge in [0.15, 0.2) is 6.10 Å². The summed E-state index contributed by atoms with van der Waals surface area (Å²) in [4.78, 5) is 16.7. The van der Waals surface area contributed by atoms with Gasteiger partial charge in [-0.2, -0.15) is 0 Å². The Morgan fingerprint density at radius 2 is 1.95 bits per heavy atom. The van der Waals surface area contributed by atoms with Crippen molar-refractivity contribution in [2.45, 2.75) is 18.6 Å². The molecule has 1 N–H and O–H groups in total. The highest BCUT2D eigenvalue weighted by Crippen LogP contribution is 2.14. The van der Waals surface area contributed by atoms with Crippen LogP contribution in [0.25, 0.3) is 0 Å². The third kappa shape index (κ3) is 3.62. The van der Waals surface area contributed by atoms with Gasteiger partial charge >= 0.3 is 0 Å². The highest BCUT2D eigenvalue weighted by Gasteiger charge is 2.32. The van der Waals surface area contributed by atoms with E-state index in [9.17, 15) is 4.79 Å². The monoisotopic (exact) mass is 305 g/mol. The Morgan fingerprint density at radius 3 is 2.55 bits per heavy atom. The second-order valence-electron chi connectivity index (χ2n) is 5.44. The minimum absolute atomic E-state index is 0. The molecule has 3 aliphatic rings. The van der Waals surface area contributed by atoms with E-state index in [2.05, 4.69) is 10.2 Å². The molecule has 0 saturated carbocycles. The van der Waals surface area contributed by atoms with Gasteiger partial charge in [0.05, 0.1) is 19.8 Å². The highest BCUT2D eigenvalue weighted by molar-refractivity contribution is 5.85. The van der Waals surface area contributed by atoms with Crippen molar-refractivity contribution in [2.75, 3.05) is 59.1 Å². The summed E-state index contributed by atoms with van der Waals surface area (Å²) in [6.45, 7) is 7.34. The van der Waals surface area contributed by atoms with Gasteiger partial charge in [0.1, 0.15) is 0 Å². The van der Waals surface area contributed by atoms with E-state index in [0.717, 1.165) is 39.3 Å². The number of carbonyl (C=O) groups is 1. The molecule has 7 heteroatoms. The molecule has 0 bridgehead atoms. The van der Waals surface area contributed by atoms with E-state index in [0.29, 0.717) is 25.9 Å². The van der Waals surface area contributed by atoms with Crippen LogP contribution in [0.15, 0.2) is 0 Å². The van der Waals surface area contributed by atoms with Gasteiger partial charge < -0.3 is 19.7 Å². The largest absolute Gasteiger partial charge is 0.376 e. The minimum Gasteiger partial charge on any atom is -0.376 e. The lowest BCUT2D eigenvalue weighted by molar-refractivity contribution is -0.159. The Hall–Kier alpha value is -0.400. The minimum atomic E-state index is -0.381. The summed E-state index contributed by atoms with van der Waals surface area (Å²) >= 11 is 0. The fraction of sp³-hybridized carbons (Fsp3) is 0.923. The number of halogens is 1. The molecule has 3 aliphatic heterocycles. The Kier molecular flexibility index (Phi) is 6.04. The molecule has 3 saturated heterocycles. The molecular weight excluding hydrogens is 282 g/mol. The van der Waals surface area contributed by atoms with Crippen molar-refractivity contribution in [3.8, 4) is 0 Å². The summed E-state index contributed by atoms with van der Waals surface area (Å²) in [6.07, 6.45) is 0.849. The Balaban J connectivity index is 0.00000147. The van der Waals surface area contributed by atoms with Gasteiger partial charge in [0.2, 0.25) is 0 Å². The zero-order valence-electron chi connectivity index (χ0n) is 11.8. The van der Waals surface area contributed by atoms with Crippen LogP contribution in [0, 0.1) is 0 Å². The van der Waals surface area contributed by atoms with E-state index in [1.807, 2.05) is 4.90 Å². The average molecular weight is 306 g/mol. The predicted octanol–water partition coefficient (Wildman–Crippen LogP) is -0.670. The third-order valence-electron chi connectivity index (χ3n) is 4.27. The fourth-order valence-electron chi connectivity index (χ4n) is 3.09. The molecule has 3 fully saturated rings. The molecule has 6 nitrogen and oxygen atoms in total. The molecule has 3 rings (SSSR count). The van der Waals surface area contributed by atoms with E-state index in [-0.39, 0.29) is 24.4 Å². The van der Waals surface area contributed by atoms with Crippen LogP contribution >= 0.6 is 12.4 Å². The second kappa shape index (κ2) is 7.56. The van der Waals surface area contributed by atoms with Gasteiger partial charge in [-0.3, -0.25) is 9.69 Å². The molecule has 2 atom stereocenters. The summed E-state index contributed by atoms with van der Waals surface area (Å²) in [5.41, 5.74) is 0. The van der Waals surface area contributed by atoms with E-state index >= 15 is 0 Å². The number of carbonyl (C=O) groups excluding carboxylic acids is 1. The average Bonchev–Trinajstić information content (AvgIpc) is 3.02. The normalized spacial score (nSPS) is 31.9. The molecule has 20 heavy (non-hydrogen) atoms. The molecule has 2 unspecified atom stereocenters. The maximum absolute atomic E-state index is 12.3. The van der Waals surface area contributed by atoms with Gasteiger partial charge in [0, 0.05) is 38.8 Å². The number of hydrogen-bond acceptors (Lipinski definition) is 5. The van der Waals surface area contributed by atoms with Gasteiger partial charge in [-0.25, -0.2) is 0 Å². The van der Waals surface area contributed by atoms with Crippen LogP contribution in [0.5, 0.6) is 0 Å². The zero-order valence-corrected chi connectivity index (χ0v) is 12.6. The number of rotatable bonds is 2. The van der Waals surface area contributed by atoms with Crippen LogP contribution in [0.1, 0.15) is 6.42 Å². The van der Waals surface area contributed by atoms with Gasteiger partial charge in [0.25, 0.3) is 5.91 Å². The van der Waals surface area contributed by atoms with Gasteiger partial charge in [-0.1, -0.05) is 0 Å². The number of piperazine rings is 1. The van der Waals surface area contributed by atoms with Gasteiger partial charge in [-0.15, -0.1) is 12.4 Å².